The smallest absolute Gasteiger partial charge is 0.314 e. The predicted octanol–water partition coefficient (Wildman–Crippen LogP) is -11.0. The lowest BCUT2D eigenvalue weighted by Crippen LogP contribution is -2.67. The third kappa shape index (κ3) is 14.1. The molecule has 0 amide bonds. The number of hydrogen-bond acceptors (Lipinski definition) is 37. The van der Waals surface area contributed by atoms with E-state index in [0.717, 1.165) is 5.57 Å². The van der Waals surface area contributed by atoms with Gasteiger partial charge in [-0.1, -0.05) is 25.5 Å². The topological polar surface area (TPSA) is 602 Å². The van der Waals surface area contributed by atoms with Gasteiger partial charge in [0.1, 0.15) is 165 Å². The third-order valence-corrected chi connectivity index (χ3v) is 24.0. The highest BCUT2D eigenvalue weighted by Gasteiger charge is 2.70. The quantitative estimate of drug-likeness (QED) is 0.0375. The molecule has 0 aromatic heterocycles. The first kappa shape index (κ1) is 78.9. The molecule has 7 saturated heterocycles. The van der Waals surface area contributed by atoms with Crippen molar-refractivity contribution in [1.82, 2.24) is 0 Å². The Morgan fingerprint density at radius 2 is 0.770 bits per heavy atom. The van der Waals surface area contributed by atoms with Crippen LogP contribution >= 0.6 is 0 Å². The van der Waals surface area contributed by atoms with Crippen LogP contribution in [0, 0.1) is 33.5 Å². The zero-order valence-corrected chi connectivity index (χ0v) is 55.1. The van der Waals surface area contributed by atoms with E-state index in [4.69, 9.17) is 61.6 Å². The van der Waals surface area contributed by atoms with Crippen LogP contribution < -0.4 is 0 Å². The fourth-order valence-corrected chi connectivity index (χ4v) is 18.5. The second kappa shape index (κ2) is 31.2. The first-order valence-electron chi connectivity index (χ1n) is 34.2. The first-order valence-corrected chi connectivity index (χ1v) is 34.2. The summed E-state index contributed by atoms with van der Waals surface area (Å²) in [6.45, 7) is 2.37. The molecule has 4 saturated carbocycles. The maximum absolute atomic E-state index is 15.6. The summed E-state index contributed by atoms with van der Waals surface area (Å²) < 4.78 is 78.8. The molecule has 7 heterocycles. The van der Waals surface area contributed by atoms with Crippen molar-refractivity contribution in [2.24, 2.45) is 33.5 Å². The summed E-state index contributed by atoms with van der Waals surface area (Å²) >= 11 is 0. The molecule has 11 rings (SSSR count). The molecule has 0 radical (unpaired) electrons. The van der Waals surface area contributed by atoms with Crippen molar-refractivity contribution in [2.75, 3.05) is 46.2 Å². The summed E-state index contributed by atoms with van der Waals surface area (Å²) in [6.07, 6.45) is -61.2. The van der Waals surface area contributed by atoms with Crippen molar-refractivity contribution < 1.29 is 184 Å². The maximum Gasteiger partial charge on any atom is 0.314 e. The summed E-state index contributed by atoms with van der Waals surface area (Å²) in [6, 6.07) is 0. The molecule has 37 unspecified atom stereocenters. The van der Waals surface area contributed by atoms with Gasteiger partial charge >= 0.3 is 5.97 Å². The predicted molar refractivity (Wildman–Crippen MR) is 320 cm³/mol. The first-order chi connectivity index (χ1) is 47.3. The van der Waals surface area contributed by atoms with Gasteiger partial charge in [-0.3, -0.25) is 4.79 Å². The summed E-state index contributed by atoms with van der Waals surface area (Å²) in [5, 5.41) is 249. The van der Waals surface area contributed by atoms with Crippen molar-refractivity contribution in [3.05, 3.63) is 12.2 Å². The Balaban J connectivity index is 0.890. The molecule has 37 heteroatoms. The maximum atomic E-state index is 15.6. The zero-order valence-electron chi connectivity index (χ0n) is 55.1. The lowest BCUT2D eigenvalue weighted by Gasteiger charge is -2.64. The van der Waals surface area contributed by atoms with Crippen molar-refractivity contribution in [3.8, 4) is 0 Å². The lowest BCUT2D eigenvalue weighted by molar-refractivity contribution is -0.388. The molecule has 7 aliphatic heterocycles. The SMILES string of the molecule is C=C1C[C@@]23CCC4[C@](C)(C(=O)OC5OC(CO)C(O)C(OC6OC(CO)C(O)C(O)C6O)C5OC5OC(CO)C(O)C(O)C5O)CCC[C@@]4(C)[C@@H]2CCC1(CC1OC(COC2OC(CO)C(O)C(O)C2O)C(O)C(OC2OC(CO)C(O)C(O)C2O)C1OC1OC(CO)C(O)C(O)C1O)C3. The Kier molecular flexibility index (Phi) is 24.6. The molecule has 100 heavy (non-hydrogen) atoms. The molecule has 11 aliphatic rings. The van der Waals surface area contributed by atoms with E-state index in [9.17, 15) is 117 Å². The Morgan fingerprint density at radius 1 is 0.400 bits per heavy atom. The Labute approximate surface area is 573 Å². The molecular weight excluding hydrogens is 1350 g/mol. The van der Waals surface area contributed by atoms with E-state index in [1.165, 1.54) is 0 Å². The molecule has 576 valence electrons. The van der Waals surface area contributed by atoms with Crippen LogP contribution in [0.15, 0.2) is 12.2 Å². The van der Waals surface area contributed by atoms with Crippen molar-refractivity contribution in [2.45, 2.75) is 293 Å². The molecule has 1 spiro atoms. The third-order valence-electron chi connectivity index (χ3n) is 24.0. The van der Waals surface area contributed by atoms with Crippen molar-refractivity contribution in [3.63, 3.8) is 0 Å². The number of aliphatic hydroxyl groups is 23. The molecule has 4 aliphatic carbocycles. The highest BCUT2D eigenvalue weighted by molar-refractivity contribution is 5.77. The van der Waals surface area contributed by atoms with Crippen LogP contribution in [0.25, 0.3) is 0 Å². The molecule has 11 fully saturated rings. The molecular formula is C63H102O37. The van der Waals surface area contributed by atoms with Crippen LogP contribution in [0.5, 0.6) is 0 Å². The summed E-state index contributed by atoms with van der Waals surface area (Å²) in [5.74, 6) is -1.48. The van der Waals surface area contributed by atoms with Gasteiger partial charge in [-0.15, -0.1) is 0 Å². The van der Waals surface area contributed by atoms with E-state index in [1.54, 1.807) is 6.92 Å². The highest BCUT2D eigenvalue weighted by Crippen LogP contribution is 2.76. The van der Waals surface area contributed by atoms with Gasteiger partial charge in [0.25, 0.3) is 0 Å². The van der Waals surface area contributed by atoms with Gasteiger partial charge in [0, 0.05) is 0 Å². The average molecular weight is 1450 g/mol. The number of fused-ring (bicyclic) bond motifs is 3. The lowest BCUT2D eigenvalue weighted by atomic mass is 9.40. The molecule has 23 N–H and O–H groups in total. The van der Waals surface area contributed by atoms with Gasteiger partial charge in [0.2, 0.25) is 6.29 Å². The van der Waals surface area contributed by atoms with Crippen LogP contribution in [0.1, 0.15) is 78.1 Å². The fraction of sp³-hybridized carbons (Fsp3) is 0.952. The molecule has 37 nitrogen and oxygen atoms in total. The molecule has 41 atom stereocenters. The minimum Gasteiger partial charge on any atom is -0.432 e. The highest BCUT2D eigenvalue weighted by atomic mass is 16.8. The normalized spacial score (nSPS) is 54.5. The number of esters is 1. The van der Waals surface area contributed by atoms with Crippen LogP contribution in [0.2, 0.25) is 0 Å². The summed E-state index contributed by atoms with van der Waals surface area (Å²) in [4.78, 5) is 15.6. The second-order valence-corrected chi connectivity index (χ2v) is 29.8. The largest absolute Gasteiger partial charge is 0.432 e. The van der Waals surface area contributed by atoms with E-state index in [1.807, 2.05) is 0 Å². The fourth-order valence-electron chi connectivity index (χ4n) is 18.5. The van der Waals surface area contributed by atoms with Crippen molar-refractivity contribution in [1.29, 1.82) is 0 Å². The van der Waals surface area contributed by atoms with E-state index in [0.29, 0.717) is 51.4 Å². The number of allylic oxidation sites excluding steroid dienone is 1. The monoisotopic (exact) mass is 1450 g/mol. The Hall–Kier alpha value is -2.19. The minimum absolute atomic E-state index is 0.0667. The van der Waals surface area contributed by atoms with Crippen LogP contribution in [0.4, 0.5) is 0 Å². The average Bonchev–Trinajstić information content (AvgIpc) is 1.44. The van der Waals surface area contributed by atoms with Gasteiger partial charge in [0.15, 0.2) is 37.6 Å². The van der Waals surface area contributed by atoms with Gasteiger partial charge in [0.05, 0.1) is 57.8 Å². The minimum atomic E-state index is -2.10. The summed E-state index contributed by atoms with van der Waals surface area (Å²) in [7, 11) is 0. The van der Waals surface area contributed by atoms with Crippen LogP contribution in [-0.4, -0.2) is 384 Å². The Bertz CT molecular complexity index is 2720. The van der Waals surface area contributed by atoms with Crippen LogP contribution in [0.3, 0.4) is 0 Å². The van der Waals surface area contributed by atoms with Gasteiger partial charge in [-0.25, -0.2) is 0 Å². The zero-order chi connectivity index (χ0) is 72.7. The van der Waals surface area contributed by atoms with E-state index < -0.39 is 295 Å². The number of ether oxygens (including phenoxy) is 13. The second-order valence-electron chi connectivity index (χ2n) is 29.8. The molecule has 0 aromatic carbocycles. The molecule has 0 aromatic rings. The standard InChI is InChI=1S/C63H102O37/c1-21-11-63-10-5-30-60(2,7-4-8-61(30,3)59(87)100-58-52(99-57-48(86)43(81)36(74)27(17-68)94-57)51(37(75)28(18-69)95-58)98-56-47(85)42(80)35(73)26(16-67)93-56)31(63)6-9-62(21,20-63)12-22-49(96-54-45(83)40(78)33(71)24(14-65)91-54)50(97-55-46(84)41(79)34(72)25(15-66)92-55)38(76)29(89-22)19-88-53-44(82)39(77)32(70)23(13-64)90-53/h22-58,64-86H,1,4-20H2,2-3H3/t22?,23?,24?,25?,26?,27?,28?,29?,30?,31-,32?,33?,34?,35?,36?,37?,38?,39?,40?,41?,42?,43?,44?,45?,46?,47?,48?,49?,50?,51?,52?,53?,54?,55?,56?,57?,58?,60+,61+,62?,63+/m0/s1. The van der Waals surface area contributed by atoms with Crippen molar-refractivity contribution >= 4 is 5.97 Å². The Morgan fingerprint density at radius 3 is 1.22 bits per heavy atom. The summed E-state index contributed by atoms with van der Waals surface area (Å²) in [5.41, 5.74) is -2.76. The van der Waals surface area contributed by atoms with Gasteiger partial charge in [-0.2, -0.15) is 0 Å². The number of carbonyl (C=O) groups excluding carboxylic acids is 1. The number of aliphatic hydroxyl groups excluding tert-OH is 23. The number of carbonyl (C=O) groups is 1. The molecule has 2 bridgehead atoms. The van der Waals surface area contributed by atoms with E-state index in [2.05, 4.69) is 13.5 Å². The van der Waals surface area contributed by atoms with E-state index in [-0.39, 0.29) is 18.8 Å². The number of rotatable bonds is 21. The van der Waals surface area contributed by atoms with E-state index >= 15 is 4.79 Å². The van der Waals surface area contributed by atoms with Crippen LogP contribution in [-0.2, 0) is 66.4 Å². The van der Waals surface area contributed by atoms with Gasteiger partial charge < -0.3 is 179 Å². The van der Waals surface area contributed by atoms with Gasteiger partial charge in [-0.05, 0) is 92.8 Å². The number of hydrogen-bond donors (Lipinski definition) is 23.